The van der Waals surface area contributed by atoms with Gasteiger partial charge in [-0.05, 0) is 6.07 Å². The number of rotatable bonds is 7. The number of nitrogens with two attached hydrogens (primary N) is 1. The first-order valence-electron chi connectivity index (χ1n) is 5.21. The van der Waals surface area contributed by atoms with Crippen LogP contribution in [-0.4, -0.2) is 45.5 Å². The third-order valence-corrected chi connectivity index (χ3v) is 2.24. The van der Waals surface area contributed by atoms with Gasteiger partial charge in [-0.25, -0.2) is 0 Å². The van der Waals surface area contributed by atoms with Crippen LogP contribution in [0.2, 0.25) is 0 Å². The van der Waals surface area contributed by atoms with E-state index in [1.165, 1.54) is 0 Å². The summed E-state index contributed by atoms with van der Waals surface area (Å²) in [6.07, 6.45) is 3.43. The normalized spacial score (nSPS) is 10.4. The molecule has 0 saturated carbocycles. The minimum absolute atomic E-state index is 0.664. The topological polar surface area (TPSA) is 60.6 Å². The lowest BCUT2D eigenvalue weighted by Crippen LogP contribution is -2.30. The summed E-state index contributed by atoms with van der Waals surface area (Å²) in [4.78, 5) is 6.21. The molecule has 90 valence electrons. The van der Waals surface area contributed by atoms with Crippen molar-refractivity contribution in [3.63, 3.8) is 0 Å². The Kier molecular flexibility index (Phi) is 5.60. The Hall–Kier alpha value is -1.33. The van der Waals surface area contributed by atoms with Crippen LogP contribution in [0.3, 0.4) is 0 Å². The molecule has 0 spiro atoms. The van der Waals surface area contributed by atoms with Crippen LogP contribution in [0, 0.1) is 0 Å². The average molecular weight is 225 g/mol. The SMILES string of the molecule is COCCN(CCOC)c1cncc(N)c1. The maximum Gasteiger partial charge on any atom is 0.0637 e. The van der Waals surface area contributed by atoms with Gasteiger partial charge in [-0.15, -0.1) is 0 Å². The third kappa shape index (κ3) is 4.04. The number of anilines is 2. The summed E-state index contributed by atoms with van der Waals surface area (Å²) in [5, 5.41) is 0. The summed E-state index contributed by atoms with van der Waals surface area (Å²) in [6, 6.07) is 1.90. The molecule has 5 heteroatoms. The molecule has 5 nitrogen and oxygen atoms in total. The van der Waals surface area contributed by atoms with E-state index in [9.17, 15) is 0 Å². The standard InChI is InChI=1S/C11H19N3O2/c1-15-5-3-14(4-6-16-2)11-7-10(12)8-13-9-11/h7-9H,3-6,12H2,1-2H3. The molecule has 0 fully saturated rings. The Morgan fingerprint density at radius 3 is 2.31 bits per heavy atom. The number of aromatic nitrogens is 1. The molecule has 0 amide bonds. The van der Waals surface area contributed by atoms with Crippen LogP contribution in [0.25, 0.3) is 0 Å². The summed E-state index contributed by atoms with van der Waals surface area (Å²) < 4.78 is 10.1. The zero-order chi connectivity index (χ0) is 11.8. The smallest absolute Gasteiger partial charge is 0.0637 e. The number of methoxy groups -OCH3 is 2. The van der Waals surface area contributed by atoms with E-state index in [1.54, 1.807) is 26.6 Å². The highest BCUT2D eigenvalue weighted by Gasteiger charge is 2.06. The molecule has 0 bridgehead atoms. The highest BCUT2D eigenvalue weighted by molar-refractivity contribution is 5.53. The number of nitrogen functional groups attached to an aromatic ring is 1. The van der Waals surface area contributed by atoms with E-state index < -0.39 is 0 Å². The van der Waals surface area contributed by atoms with Gasteiger partial charge in [0.25, 0.3) is 0 Å². The van der Waals surface area contributed by atoms with Crippen LogP contribution in [0.1, 0.15) is 0 Å². The third-order valence-electron chi connectivity index (χ3n) is 2.24. The number of nitrogens with zero attached hydrogens (tertiary/aromatic N) is 2. The van der Waals surface area contributed by atoms with E-state index >= 15 is 0 Å². The zero-order valence-electron chi connectivity index (χ0n) is 9.85. The molecule has 0 aliphatic carbocycles. The van der Waals surface area contributed by atoms with Crippen molar-refractivity contribution in [1.82, 2.24) is 4.98 Å². The monoisotopic (exact) mass is 225 g/mol. The van der Waals surface area contributed by atoms with Gasteiger partial charge in [0.05, 0.1) is 30.8 Å². The van der Waals surface area contributed by atoms with Crippen LogP contribution in [0.5, 0.6) is 0 Å². The summed E-state index contributed by atoms with van der Waals surface area (Å²) >= 11 is 0. The van der Waals surface area contributed by atoms with Gasteiger partial charge in [0, 0.05) is 33.5 Å². The van der Waals surface area contributed by atoms with Gasteiger partial charge in [-0.2, -0.15) is 0 Å². The fourth-order valence-corrected chi connectivity index (χ4v) is 1.39. The van der Waals surface area contributed by atoms with Crippen molar-refractivity contribution in [3.8, 4) is 0 Å². The molecule has 1 aromatic rings. The van der Waals surface area contributed by atoms with Gasteiger partial charge >= 0.3 is 0 Å². The number of pyridine rings is 1. The first-order chi connectivity index (χ1) is 7.77. The Morgan fingerprint density at radius 1 is 1.19 bits per heavy atom. The van der Waals surface area contributed by atoms with Gasteiger partial charge in [0.1, 0.15) is 0 Å². The average Bonchev–Trinajstić information content (AvgIpc) is 2.29. The van der Waals surface area contributed by atoms with Crippen LogP contribution in [-0.2, 0) is 9.47 Å². The van der Waals surface area contributed by atoms with Gasteiger partial charge in [-0.1, -0.05) is 0 Å². The molecule has 0 unspecified atom stereocenters. The lowest BCUT2D eigenvalue weighted by atomic mass is 10.3. The Morgan fingerprint density at radius 2 is 1.81 bits per heavy atom. The van der Waals surface area contributed by atoms with E-state index in [0.717, 1.165) is 18.8 Å². The van der Waals surface area contributed by atoms with Crippen molar-refractivity contribution in [2.24, 2.45) is 0 Å². The molecule has 0 atom stereocenters. The number of ether oxygens (including phenoxy) is 2. The molecule has 1 aromatic heterocycles. The van der Waals surface area contributed by atoms with E-state index in [2.05, 4.69) is 9.88 Å². The minimum Gasteiger partial charge on any atom is -0.397 e. The molecule has 2 N–H and O–H groups in total. The Labute approximate surface area is 96.2 Å². The van der Waals surface area contributed by atoms with Gasteiger partial charge in [-0.3, -0.25) is 4.98 Å². The molecule has 0 aliphatic heterocycles. The lowest BCUT2D eigenvalue weighted by Gasteiger charge is -2.23. The summed E-state index contributed by atoms with van der Waals surface area (Å²) in [5.74, 6) is 0. The molecular weight excluding hydrogens is 206 g/mol. The van der Waals surface area contributed by atoms with E-state index in [0.29, 0.717) is 18.9 Å². The van der Waals surface area contributed by atoms with Crippen molar-refractivity contribution in [3.05, 3.63) is 18.5 Å². The van der Waals surface area contributed by atoms with Crippen molar-refractivity contribution >= 4 is 11.4 Å². The second kappa shape index (κ2) is 7.03. The van der Waals surface area contributed by atoms with Crippen molar-refractivity contribution in [2.45, 2.75) is 0 Å². The summed E-state index contributed by atoms with van der Waals surface area (Å²) in [5.41, 5.74) is 7.36. The van der Waals surface area contributed by atoms with Gasteiger partial charge < -0.3 is 20.1 Å². The predicted molar refractivity (Wildman–Crippen MR) is 64.6 cm³/mol. The van der Waals surface area contributed by atoms with E-state index in [4.69, 9.17) is 15.2 Å². The van der Waals surface area contributed by atoms with Crippen LogP contribution in [0.4, 0.5) is 11.4 Å². The van der Waals surface area contributed by atoms with Gasteiger partial charge in [0.15, 0.2) is 0 Å². The van der Waals surface area contributed by atoms with E-state index in [-0.39, 0.29) is 0 Å². The molecule has 0 aliphatic rings. The maximum atomic E-state index is 5.70. The van der Waals surface area contributed by atoms with Crippen molar-refractivity contribution < 1.29 is 9.47 Å². The second-order valence-corrected chi connectivity index (χ2v) is 3.45. The first kappa shape index (κ1) is 12.7. The highest BCUT2D eigenvalue weighted by Crippen LogP contribution is 2.15. The summed E-state index contributed by atoms with van der Waals surface area (Å²) in [7, 11) is 3.37. The predicted octanol–water partition coefficient (Wildman–Crippen LogP) is 0.763. The lowest BCUT2D eigenvalue weighted by molar-refractivity contribution is 0.190. The number of hydrogen-bond donors (Lipinski definition) is 1. The highest BCUT2D eigenvalue weighted by atomic mass is 16.5. The fourth-order valence-electron chi connectivity index (χ4n) is 1.39. The van der Waals surface area contributed by atoms with Crippen LogP contribution >= 0.6 is 0 Å². The zero-order valence-corrected chi connectivity index (χ0v) is 9.85. The molecule has 0 radical (unpaired) electrons. The first-order valence-corrected chi connectivity index (χ1v) is 5.21. The van der Waals surface area contributed by atoms with E-state index in [1.807, 2.05) is 6.07 Å². The van der Waals surface area contributed by atoms with Crippen molar-refractivity contribution in [1.29, 1.82) is 0 Å². The maximum absolute atomic E-state index is 5.70. The Bertz CT molecular complexity index is 299. The number of hydrogen-bond acceptors (Lipinski definition) is 5. The van der Waals surface area contributed by atoms with Crippen LogP contribution in [0.15, 0.2) is 18.5 Å². The summed E-state index contributed by atoms with van der Waals surface area (Å²) in [6.45, 7) is 2.92. The molecule has 16 heavy (non-hydrogen) atoms. The minimum atomic E-state index is 0.664. The van der Waals surface area contributed by atoms with Crippen molar-refractivity contribution in [2.75, 3.05) is 51.2 Å². The van der Waals surface area contributed by atoms with Gasteiger partial charge in [0.2, 0.25) is 0 Å². The Balaban J connectivity index is 2.66. The van der Waals surface area contributed by atoms with Crippen LogP contribution < -0.4 is 10.6 Å². The fraction of sp³-hybridized carbons (Fsp3) is 0.545. The quantitative estimate of drug-likeness (QED) is 0.742. The molecule has 0 saturated heterocycles. The molecular formula is C11H19N3O2. The molecule has 1 rings (SSSR count). The molecule has 1 heterocycles. The second-order valence-electron chi connectivity index (χ2n) is 3.45. The molecule has 0 aromatic carbocycles. The largest absolute Gasteiger partial charge is 0.397 e.